The summed E-state index contributed by atoms with van der Waals surface area (Å²) in [5, 5.41) is 2.83. The van der Waals surface area contributed by atoms with Gasteiger partial charge in [0.25, 0.3) is 5.91 Å². The highest BCUT2D eigenvalue weighted by Crippen LogP contribution is 2.20. The summed E-state index contributed by atoms with van der Waals surface area (Å²) in [5.74, 6) is -0.183. The average molecular weight is 349 g/mol. The minimum atomic E-state index is -0.183. The van der Waals surface area contributed by atoms with E-state index in [1.807, 2.05) is 19.1 Å². The smallest absolute Gasteiger partial charge is 0.256 e. The first-order valence-corrected chi connectivity index (χ1v) is 7.15. The highest BCUT2D eigenvalue weighted by molar-refractivity contribution is 9.10. The summed E-state index contributed by atoms with van der Waals surface area (Å²) in [6.07, 6.45) is 0. The number of carbonyl (C=O) groups is 1. The Morgan fingerprint density at radius 1 is 1.25 bits per heavy atom. The van der Waals surface area contributed by atoms with Gasteiger partial charge in [0.15, 0.2) is 0 Å². The summed E-state index contributed by atoms with van der Waals surface area (Å²) >= 11 is 8.32. The van der Waals surface area contributed by atoms with Crippen LogP contribution in [0, 0.1) is 6.92 Å². The van der Waals surface area contributed by atoms with Gasteiger partial charge in [-0.05, 0) is 52.7 Å². The van der Waals surface area contributed by atoms with E-state index in [4.69, 9.17) is 18.0 Å². The maximum absolute atomic E-state index is 12.2. The van der Waals surface area contributed by atoms with Gasteiger partial charge in [-0.2, -0.15) is 0 Å². The third-order valence-corrected chi connectivity index (χ3v) is 3.67. The number of nitrogens with one attached hydrogen (secondary N) is 1. The molecule has 2 aromatic carbocycles. The van der Waals surface area contributed by atoms with Crippen molar-refractivity contribution in [2.24, 2.45) is 5.73 Å². The fraction of sp³-hybridized carbons (Fsp3) is 0.0667. The van der Waals surface area contributed by atoms with E-state index >= 15 is 0 Å². The maximum atomic E-state index is 12.2. The van der Waals surface area contributed by atoms with Gasteiger partial charge in [0, 0.05) is 15.7 Å². The Balaban J connectivity index is 2.23. The van der Waals surface area contributed by atoms with Crippen molar-refractivity contribution in [2.45, 2.75) is 6.92 Å². The van der Waals surface area contributed by atoms with Gasteiger partial charge in [-0.1, -0.05) is 30.4 Å². The molecule has 0 aliphatic carbocycles. The largest absolute Gasteiger partial charge is 0.389 e. The lowest BCUT2D eigenvalue weighted by molar-refractivity contribution is 0.102. The SMILES string of the molecule is Cc1ccc(C(=O)Nc2cccc(C(N)=S)c2)c(Br)c1. The lowest BCUT2D eigenvalue weighted by atomic mass is 10.1. The van der Waals surface area contributed by atoms with Gasteiger partial charge >= 0.3 is 0 Å². The molecule has 0 aromatic heterocycles. The van der Waals surface area contributed by atoms with Crippen molar-refractivity contribution >= 4 is 44.7 Å². The molecule has 102 valence electrons. The molecular formula is C15H13BrN2OS. The zero-order valence-electron chi connectivity index (χ0n) is 10.8. The van der Waals surface area contributed by atoms with Crippen LogP contribution in [0.25, 0.3) is 0 Å². The van der Waals surface area contributed by atoms with E-state index in [1.54, 1.807) is 30.3 Å². The number of thiocarbonyl (C=S) groups is 1. The number of benzene rings is 2. The molecule has 0 spiro atoms. The van der Waals surface area contributed by atoms with Gasteiger partial charge in [0.2, 0.25) is 0 Å². The molecule has 0 radical (unpaired) electrons. The minimum absolute atomic E-state index is 0.183. The number of anilines is 1. The summed E-state index contributed by atoms with van der Waals surface area (Å²) in [6.45, 7) is 1.97. The summed E-state index contributed by atoms with van der Waals surface area (Å²) < 4.78 is 0.764. The molecule has 0 aliphatic heterocycles. The van der Waals surface area contributed by atoms with E-state index in [-0.39, 0.29) is 5.91 Å². The number of aryl methyl sites for hydroxylation is 1. The van der Waals surface area contributed by atoms with Gasteiger partial charge in [0.05, 0.1) is 5.56 Å². The molecule has 5 heteroatoms. The van der Waals surface area contributed by atoms with E-state index in [0.717, 1.165) is 15.6 Å². The maximum Gasteiger partial charge on any atom is 0.256 e. The normalized spacial score (nSPS) is 10.1. The van der Waals surface area contributed by atoms with Crippen LogP contribution in [0.1, 0.15) is 21.5 Å². The van der Waals surface area contributed by atoms with Crippen LogP contribution in [0.5, 0.6) is 0 Å². The number of rotatable bonds is 3. The number of hydrogen-bond donors (Lipinski definition) is 2. The summed E-state index contributed by atoms with van der Waals surface area (Å²) in [5.41, 5.74) is 8.63. The van der Waals surface area contributed by atoms with Crippen LogP contribution in [0.15, 0.2) is 46.9 Å². The van der Waals surface area contributed by atoms with Crippen LogP contribution in [-0.4, -0.2) is 10.9 Å². The number of carbonyl (C=O) groups excluding carboxylic acids is 1. The van der Waals surface area contributed by atoms with Gasteiger partial charge in [-0.3, -0.25) is 4.79 Å². The topological polar surface area (TPSA) is 55.1 Å². The first-order chi connectivity index (χ1) is 9.47. The van der Waals surface area contributed by atoms with Crippen molar-refractivity contribution in [2.75, 3.05) is 5.32 Å². The third kappa shape index (κ3) is 3.43. The molecule has 0 saturated carbocycles. The van der Waals surface area contributed by atoms with Gasteiger partial charge in [0.1, 0.15) is 4.99 Å². The number of hydrogen-bond acceptors (Lipinski definition) is 2. The molecule has 0 aliphatic rings. The lowest BCUT2D eigenvalue weighted by Crippen LogP contribution is -2.14. The van der Waals surface area contributed by atoms with Gasteiger partial charge in [-0.25, -0.2) is 0 Å². The van der Waals surface area contributed by atoms with Crippen LogP contribution in [0.4, 0.5) is 5.69 Å². The van der Waals surface area contributed by atoms with Crippen LogP contribution < -0.4 is 11.1 Å². The first kappa shape index (κ1) is 14.7. The summed E-state index contributed by atoms with van der Waals surface area (Å²) in [4.78, 5) is 12.5. The molecule has 3 N–H and O–H groups in total. The van der Waals surface area contributed by atoms with Crippen molar-refractivity contribution < 1.29 is 4.79 Å². The molecule has 1 amide bonds. The molecular weight excluding hydrogens is 336 g/mol. The van der Waals surface area contributed by atoms with Crippen LogP contribution in [0.3, 0.4) is 0 Å². The van der Waals surface area contributed by atoms with E-state index in [9.17, 15) is 4.79 Å². The van der Waals surface area contributed by atoms with E-state index < -0.39 is 0 Å². The molecule has 2 aromatic rings. The highest BCUT2D eigenvalue weighted by Gasteiger charge is 2.10. The Morgan fingerprint density at radius 2 is 2.00 bits per heavy atom. The van der Waals surface area contributed by atoms with Crippen molar-refractivity contribution in [3.05, 3.63) is 63.6 Å². The van der Waals surface area contributed by atoms with Gasteiger partial charge < -0.3 is 11.1 Å². The van der Waals surface area contributed by atoms with E-state index in [2.05, 4.69) is 21.2 Å². The lowest BCUT2D eigenvalue weighted by Gasteiger charge is -2.08. The molecule has 0 saturated heterocycles. The average Bonchev–Trinajstić information content (AvgIpc) is 2.38. The van der Waals surface area contributed by atoms with E-state index in [1.165, 1.54) is 0 Å². The molecule has 0 heterocycles. The Hall–Kier alpha value is -1.72. The van der Waals surface area contributed by atoms with Crippen LogP contribution in [0.2, 0.25) is 0 Å². The molecule has 20 heavy (non-hydrogen) atoms. The number of nitrogens with two attached hydrogens (primary N) is 1. The predicted molar refractivity (Wildman–Crippen MR) is 89.2 cm³/mol. The Labute approximate surface area is 131 Å². The Bertz CT molecular complexity index is 685. The highest BCUT2D eigenvalue weighted by atomic mass is 79.9. The number of halogens is 1. The van der Waals surface area contributed by atoms with E-state index in [0.29, 0.717) is 16.2 Å². The molecule has 3 nitrogen and oxygen atoms in total. The first-order valence-electron chi connectivity index (χ1n) is 5.95. The zero-order valence-corrected chi connectivity index (χ0v) is 13.2. The van der Waals surface area contributed by atoms with Crippen molar-refractivity contribution in [1.29, 1.82) is 0 Å². The van der Waals surface area contributed by atoms with Crippen molar-refractivity contribution in [3.8, 4) is 0 Å². The molecule has 2 rings (SSSR count). The molecule has 0 bridgehead atoms. The van der Waals surface area contributed by atoms with Crippen molar-refractivity contribution in [1.82, 2.24) is 0 Å². The summed E-state index contributed by atoms with van der Waals surface area (Å²) in [6, 6.07) is 12.7. The molecule has 0 fully saturated rings. The van der Waals surface area contributed by atoms with Crippen molar-refractivity contribution in [3.63, 3.8) is 0 Å². The second-order valence-electron chi connectivity index (χ2n) is 4.38. The Morgan fingerprint density at radius 3 is 2.65 bits per heavy atom. The number of amides is 1. The van der Waals surface area contributed by atoms with Gasteiger partial charge in [-0.15, -0.1) is 0 Å². The minimum Gasteiger partial charge on any atom is -0.389 e. The summed E-state index contributed by atoms with van der Waals surface area (Å²) in [7, 11) is 0. The second kappa shape index (κ2) is 6.15. The fourth-order valence-corrected chi connectivity index (χ4v) is 2.55. The zero-order chi connectivity index (χ0) is 14.7. The quantitative estimate of drug-likeness (QED) is 0.832. The second-order valence-corrected chi connectivity index (χ2v) is 5.68. The standard InChI is InChI=1S/C15H13BrN2OS/c1-9-5-6-12(13(16)7-9)15(19)18-11-4-2-3-10(8-11)14(17)20/h2-8H,1H3,(H2,17,20)(H,18,19). The van der Waals surface area contributed by atoms with Crippen LogP contribution in [-0.2, 0) is 0 Å². The predicted octanol–water partition coefficient (Wildman–Crippen LogP) is 3.64. The Kier molecular flexibility index (Phi) is 4.52. The fourth-order valence-electron chi connectivity index (χ4n) is 1.75. The van der Waals surface area contributed by atoms with Crippen LogP contribution >= 0.6 is 28.1 Å². The molecule has 0 atom stereocenters. The third-order valence-electron chi connectivity index (χ3n) is 2.77. The monoisotopic (exact) mass is 348 g/mol. The molecule has 0 unspecified atom stereocenters.